The number of imidazole rings is 1. The predicted molar refractivity (Wildman–Crippen MR) is 100 cm³/mol. The number of carbonyl (C=O) groups is 1. The van der Waals surface area contributed by atoms with Gasteiger partial charge in [-0.3, -0.25) is 9.20 Å². The third kappa shape index (κ3) is 3.23. The van der Waals surface area contributed by atoms with Gasteiger partial charge < -0.3 is 10.1 Å². The van der Waals surface area contributed by atoms with Crippen LogP contribution in [-0.4, -0.2) is 38.4 Å². The summed E-state index contributed by atoms with van der Waals surface area (Å²) in [4.78, 5) is 16.7. The van der Waals surface area contributed by atoms with Crippen molar-refractivity contribution in [1.29, 1.82) is 0 Å². The van der Waals surface area contributed by atoms with E-state index in [1.165, 1.54) is 11.8 Å². The maximum atomic E-state index is 12.2. The van der Waals surface area contributed by atoms with E-state index in [9.17, 15) is 4.79 Å². The topological polar surface area (TPSA) is 84.3 Å². The number of thioether (sulfide) groups is 1. The number of carbonyl (C=O) groups excluding carboxylic acids is 1. The normalized spacial score (nSPS) is 11.1. The number of rotatable bonds is 6. The zero-order chi connectivity index (χ0) is 17.9. The Labute approximate surface area is 153 Å². The number of para-hydroxylation sites is 2. The molecule has 0 radical (unpaired) electrons. The Kier molecular flexibility index (Phi) is 4.49. The molecule has 2 heterocycles. The number of amides is 1. The molecule has 2 N–H and O–H groups in total. The van der Waals surface area contributed by atoms with Crippen LogP contribution in [0.25, 0.3) is 16.8 Å². The number of aromatic amines is 1. The summed E-state index contributed by atoms with van der Waals surface area (Å²) in [6.07, 6.45) is 0. The average Bonchev–Trinajstić information content (AvgIpc) is 3.24. The maximum Gasteiger partial charge on any atom is 0.231 e. The SMILES string of the molecule is COc1cccc(CNC(=O)CSc2n[nH]c3nc4ccccc4n23)c1. The van der Waals surface area contributed by atoms with Crippen LogP contribution < -0.4 is 10.1 Å². The van der Waals surface area contributed by atoms with Crippen molar-refractivity contribution in [2.24, 2.45) is 0 Å². The minimum absolute atomic E-state index is 0.0570. The van der Waals surface area contributed by atoms with Gasteiger partial charge in [0.15, 0.2) is 5.16 Å². The Bertz CT molecular complexity index is 1070. The largest absolute Gasteiger partial charge is 0.497 e. The van der Waals surface area contributed by atoms with Gasteiger partial charge in [-0.1, -0.05) is 36.0 Å². The third-order valence-electron chi connectivity index (χ3n) is 3.96. The van der Waals surface area contributed by atoms with Crippen LogP contribution in [0.3, 0.4) is 0 Å². The zero-order valence-corrected chi connectivity index (χ0v) is 14.9. The lowest BCUT2D eigenvalue weighted by Crippen LogP contribution is -2.24. The van der Waals surface area contributed by atoms with Crippen molar-refractivity contribution in [1.82, 2.24) is 24.9 Å². The number of hydrogen-bond acceptors (Lipinski definition) is 5. The first kappa shape index (κ1) is 16.5. The quantitative estimate of drug-likeness (QED) is 0.512. The number of fused-ring (bicyclic) bond motifs is 3. The summed E-state index contributed by atoms with van der Waals surface area (Å²) in [6.45, 7) is 0.459. The molecule has 0 aliphatic heterocycles. The summed E-state index contributed by atoms with van der Waals surface area (Å²) in [5.41, 5.74) is 2.85. The first-order chi connectivity index (χ1) is 12.7. The molecule has 2 aromatic carbocycles. The minimum Gasteiger partial charge on any atom is -0.497 e. The standard InChI is InChI=1S/C18H17N5O2S/c1-25-13-6-4-5-12(9-13)10-19-16(24)11-26-18-22-21-17-20-14-7-2-3-8-15(14)23(17)18/h2-9H,10-11H2,1H3,(H,19,24)(H,20,21). The lowest BCUT2D eigenvalue weighted by molar-refractivity contribution is -0.118. The van der Waals surface area contributed by atoms with Crippen molar-refractivity contribution in [3.63, 3.8) is 0 Å². The van der Waals surface area contributed by atoms with Gasteiger partial charge in [-0.25, -0.2) is 10.1 Å². The van der Waals surface area contributed by atoms with Crippen LogP contribution >= 0.6 is 11.8 Å². The molecule has 4 rings (SSSR count). The second-order valence-corrected chi connectivity index (χ2v) is 6.63. The minimum atomic E-state index is -0.0570. The number of aromatic nitrogens is 4. The van der Waals surface area contributed by atoms with E-state index in [-0.39, 0.29) is 11.7 Å². The number of benzene rings is 2. The fourth-order valence-electron chi connectivity index (χ4n) is 2.70. The van der Waals surface area contributed by atoms with Crippen molar-refractivity contribution in [2.45, 2.75) is 11.7 Å². The number of nitrogens with zero attached hydrogens (tertiary/aromatic N) is 3. The molecule has 0 bridgehead atoms. The maximum absolute atomic E-state index is 12.2. The van der Waals surface area contributed by atoms with Gasteiger partial charge in [0.25, 0.3) is 0 Å². The first-order valence-corrected chi connectivity index (χ1v) is 9.07. The predicted octanol–water partition coefficient (Wildman–Crippen LogP) is 2.63. The molecular formula is C18H17N5O2S. The van der Waals surface area contributed by atoms with Gasteiger partial charge >= 0.3 is 0 Å². The summed E-state index contributed by atoms with van der Waals surface area (Å²) in [7, 11) is 1.62. The second-order valence-electron chi connectivity index (χ2n) is 5.68. The van der Waals surface area contributed by atoms with Crippen molar-refractivity contribution in [3.8, 4) is 5.75 Å². The van der Waals surface area contributed by atoms with Crippen molar-refractivity contribution in [3.05, 3.63) is 54.1 Å². The first-order valence-electron chi connectivity index (χ1n) is 8.08. The third-order valence-corrected chi connectivity index (χ3v) is 4.90. The van der Waals surface area contributed by atoms with Crippen LogP contribution in [0, 0.1) is 0 Å². The van der Waals surface area contributed by atoms with E-state index in [2.05, 4.69) is 20.5 Å². The van der Waals surface area contributed by atoms with E-state index < -0.39 is 0 Å². The number of ether oxygens (including phenoxy) is 1. The molecule has 0 fully saturated rings. The molecule has 0 unspecified atom stereocenters. The Morgan fingerprint density at radius 1 is 1.27 bits per heavy atom. The van der Waals surface area contributed by atoms with Crippen LogP contribution in [-0.2, 0) is 11.3 Å². The molecule has 4 aromatic rings. The van der Waals surface area contributed by atoms with E-state index in [1.54, 1.807) is 7.11 Å². The molecule has 2 aromatic heterocycles. The fourth-order valence-corrected chi connectivity index (χ4v) is 3.49. The Morgan fingerprint density at radius 2 is 2.15 bits per heavy atom. The molecule has 26 heavy (non-hydrogen) atoms. The van der Waals surface area contributed by atoms with Gasteiger partial charge in [0.05, 0.1) is 23.9 Å². The number of hydrogen-bond donors (Lipinski definition) is 2. The molecule has 132 valence electrons. The van der Waals surface area contributed by atoms with Gasteiger partial charge in [0.2, 0.25) is 11.7 Å². The molecule has 0 saturated heterocycles. The smallest absolute Gasteiger partial charge is 0.231 e. The highest BCUT2D eigenvalue weighted by Crippen LogP contribution is 2.22. The lowest BCUT2D eigenvalue weighted by atomic mass is 10.2. The number of nitrogens with one attached hydrogen (secondary N) is 2. The van der Waals surface area contributed by atoms with E-state index >= 15 is 0 Å². The van der Waals surface area contributed by atoms with E-state index in [0.717, 1.165) is 22.3 Å². The Hall–Kier alpha value is -3.00. The van der Waals surface area contributed by atoms with Gasteiger partial charge in [-0.05, 0) is 29.8 Å². The highest BCUT2D eigenvalue weighted by molar-refractivity contribution is 7.99. The molecule has 0 aliphatic carbocycles. The van der Waals surface area contributed by atoms with Crippen LogP contribution in [0.15, 0.2) is 53.7 Å². The highest BCUT2D eigenvalue weighted by atomic mass is 32.2. The molecule has 7 nitrogen and oxygen atoms in total. The molecular weight excluding hydrogens is 350 g/mol. The summed E-state index contributed by atoms with van der Waals surface area (Å²) < 4.78 is 7.12. The Balaban J connectivity index is 1.40. The van der Waals surface area contributed by atoms with Crippen molar-refractivity contribution < 1.29 is 9.53 Å². The van der Waals surface area contributed by atoms with E-state index in [0.29, 0.717) is 17.5 Å². The molecule has 1 amide bonds. The lowest BCUT2D eigenvalue weighted by Gasteiger charge is -2.06. The fraction of sp³-hybridized carbons (Fsp3) is 0.167. The summed E-state index contributed by atoms with van der Waals surface area (Å²) in [5, 5.41) is 10.8. The van der Waals surface area contributed by atoms with Gasteiger partial charge in [-0.15, -0.1) is 5.10 Å². The molecule has 8 heteroatoms. The molecule has 0 saturated carbocycles. The summed E-state index contributed by atoms with van der Waals surface area (Å²) in [5.74, 6) is 1.66. The molecule has 0 aliphatic rings. The van der Waals surface area contributed by atoms with Crippen LogP contribution in [0.4, 0.5) is 0 Å². The van der Waals surface area contributed by atoms with E-state index in [4.69, 9.17) is 4.74 Å². The zero-order valence-electron chi connectivity index (χ0n) is 14.1. The highest BCUT2D eigenvalue weighted by Gasteiger charge is 2.13. The van der Waals surface area contributed by atoms with Gasteiger partial charge in [-0.2, -0.15) is 0 Å². The monoisotopic (exact) mass is 367 g/mol. The average molecular weight is 367 g/mol. The second kappa shape index (κ2) is 7.09. The van der Waals surface area contributed by atoms with Gasteiger partial charge in [0, 0.05) is 6.54 Å². The molecule has 0 atom stereocenters. The van der Waals surface area contributed by atoms with Crippen LogP contribution in [0.2, 0.25) is 0 Å². The number of methoxy groups -OCH3 is 1. The number of H-pyrrole nitrogens is 1. The van der Waals surface area contributed by atoms with Crippen molar-refractivity contribution in [2.75, 3.05) is 12.9 Å². The van der Waals surface area contributed by atoms with Crippen LogP contribution in [0.5, 0.6) is 5.75 Å². The van der Waals surface area contributed by atoms with E-state index in [1.807, 2.05) is 52.9 Å². The van der Waals surface area contributed by atoms with Gasteiger partial charge in [0.1, 0.15) is 5.75 Å². The Morgan fingerprint density at radius 3 is 3.04 bits per heavy atom. The molecule has 0 spiro atoms. The van der Waals surface area contributed by atoms with Crippen molar-refractivity contribution >= 4 is 34.5 Å². The summed E-state index contributed by atoms with van der Waals surface area (Å²) in [6, 6.07) is 15.5. The summed E-state index contributed by atoms with van der Waals surface area (Å²) >= 11 is 1.37. The van der Waals surface area contributed by atoms with Crippen LogP contribution in [0.1, 0.15) is 5.56 Å².